The normalized spacial score (nSPS) is 10.3. The SMILES string of the molecule is CC(C)OC(=O)c1cccc(-c2ccc(C=O)cc2)c1. The van der Waals surface area contributed by atoms with Gasteiger partial charge in [-0.1, -0.05) is 36.4 Å². The minimum Gasteiger partial charge on any atom is -0.459 e. The van der Waals surface area contributed by atoms with E-state index in [1.807, 2.05) is 38.1 Å². The Morgan fingerprint density at radius 3 is 2.35 bits per heavy atom. The van der Waals surface area contributed by atoms with Crippen molar-refractivity contribution in [3.63, 3.8) is 0 Å². The maximum atomic E-state index is 11.9. The summed E-state index contributed by atoms with van der Waals surface area (Å²) < 4.78 is 5.18. The number of carbonyl (C=O) groups excluding carboxylic acids is 2. The van der Waals surface area contributed by atoms with Crippen LogP contribution in [0.5, 0.6) is 0 Å². The summed E-state index contributed by atoms with van der Waals surface area (Å²) in [6.07, 6.45) is 0.665. The van der Waals surface area contributed by atoms with Crippen molar-refractivity contribution < 1.29 is 14.3 Å². The van der Waals surface area contributed by atoms with Crippen molar-refractivity contribution in [2.75, 3.05) is 0 Å². The van der Waals surface area contributed by atoms with Gasteiger partial charge in [-0.15, -0.1) is 0 Å². The van der Waals surface area contributed by atoms with Crippen molar-refractivity contribution in [3.8, 4) is 11.1 Å². The summed E-state index contributed by atoms with van der Waals surface area (Å²) in [5, 5.41) is 0. The first-order valence-electron chi connectivity index (χ1n) is 6.47. The highest BCUT2D eigenvalue weighted by Crippen LogP contribution is 2.21. The summed E-state index contributed by atoms with van der Waals surface area (Å²) in [5.74, 6) is -0.327. The lowest BCUT2D eigenvalue weighted by molar-refractivity contribution is 0.0378. The molecule has 2 rings (SSSR count). The van der Waals surface area contributed by atoms with Crippen LogP contribution in [0.2, 0.25) is 0 Å². The third kappa shape index (κ3) is 3.32. The summed E-state index contributed by atoms with van der Waals surface area (Å²) in [4.78, 5) is 22.5. The zero-order valence-corrected chi connectivity index (χ0v) is 11.5. The molecular formula is C17H16O3. The predicted molar refractivity (Wildman–Crippen MR) is 77.8 cm³/mol. The van der Waals surface area contributed by atoms with E-state index in [0.717, 1.165) is 17.4 Å². The maximum Gasteiger partial charge on any atom is 0.338 e. The summed E-state index contributed by atoms with van der Waals surface area (Å²) >= 11 is 0. The Balaban J connectivity index is 2.28. The van der Waals surface area contributed by atoms with Crippen molar-refractivity contribution >= 4 is 12.3 Å². The van der Waals surface area contributed by atoms with Crippen LogP contribution < -0.4 is 0 Å². The van der Waals surface area contributed by atoms with E-state index in [1.165, 1.54) is 0 Å². The molecule has 0 saturated heterocycles. The molecule has 3 nitrogen and oxygen atoms in total. The van der Waals surface area contributed by atoms with E-state index < -0.39 is 0 Å². The van der Waals surface area contributed by atoms with Crippen molar-refractivity contribution in [3.05, 3.63) is 59.7 Å². The number of hydrogen-bond acceptors (Lipinski definition) is 3. The van der Waals surface area contributed by atoms with Gasteiger partial charge in [0.1, 0.15) is 6.29 Å². The minimum atomic E-state index is -0.327. The van der Waals surface area contributed by atoms with Gasteiger partial charge in [-0.25, -0.2) is 4.79 Å². The molecular weight excluding hydrogens is 252 g/mol. The zero-order valence-electron chi connectivity index (χ0n) is 11.5. The second-order valence-electron chi connectivity index (χ2n) is 4.77. The molecule has 2 aromatic carbocycles. The summed E-state index contributed by atoms with van der Waals surface area (Å²) in [6, 6.07) is 14.5. The van der Waals surface area contributed by atoms with Crippen LogP contribution in [0.1, 0.15) is 34.6 Å². The zero-order chi connectivity index (χ0) is 14.5. The van der Waals surface area contributed by atoms with Crippen LogP contribution in [0.25, 0.3) is 11.1 Å². The molecule has 3 heteroatoms. The molecule has 0 amide bonds. The number of ether oxygens (including phenoxy) is 1. The topological polar surface area (TPSA) is 43.4 Å². The Kier molecular flexibility index (Phi) is 4.31. The quantitative estimate of drug-likeness (QED) is 0.627. The molecule has 0 fully saturated rings. The molecule has 0 heterocycles. The largest absolute Gasteiger partial charge is 0.459 e. The molecule has 0 aliphatic heterocycles. The highest BCUT2D eigenvalue weighted by atomic mass is 16.5. The average Bonchev–Trinajstić information content (AvgIpc) is 2.47. The van der Waals surface area contributed by atoms with Gasteiger partial charge in [-0.2, -0.15) is 0 Å². The molecule has 0 radical (unpaired) electrons. The van der Waals surface area contributed by atoms with Crippen LogP contribution in [-0.4, -0.2) is 18.4 Å². The van der Waals surface area contributed by atoms with Crippen LogP contribution in [0.3, 0.4) is 0 Å². The summed E-state index contributed by atoms with van der Waals surface area (Å²) in [6.45, 7) is 3.64. The van der Waals surface area contributed by atoms with Gasteiger partial charge in [-0.05, 0) is 37.1 Å². The predicted octanol–water partition coefficient (Wildman–Crippen LogP) is 3.73. The number of aldehydes is 1. The van der Waals surface area contributed by atoms with Crippen molar-refractivity contribution in [1.82, 2.24) is 0 Å². The number of carbonyl (C=O) groups is 2. The molecule has 0 spiro atoms. The van der Waals surface area contributed by atoms with Crippen molar-refractivity contribution in [2.45, 2.75) is 20.0 Å². The minimum absolute atomic E-state index is 0.141. The molecule has 2 aromatic rings. The standard InChI is InChI=1S/C17H16O3/c1-12(2)20-17(19)16-5-3-4-15(10-16)14-8-6-13(11-18)7-9-14/h3-12H,1-2H3. The van der Waals surface area contributed by atoms with E-state index in [9.17, 15) is 9.59 Å². The first-order chi connectivity index (χ1) is 9.60. The molecule has 20 heavy (non-hydrogen) atoms. The van der Waals surface area contributed by atoms with Gasteiger partial charge in [-0.3, -0.25) is 4.79 Å². The molecule has 0 aliphatic carbocycles. The number of esters is 1. The first-order valence-corrected chi connectivity index (χ1v) is 6.47. The Morgan fingerprint density at radius 2 is 1.75 bits per heavy atom. The van der Waals surface area contributed by atoms with Gasteiger partial charge in [0.2, 0.25) is 0 Å². The molecule has 0 unspecified atom stereocenters. The molecule has 0 N–H and O–H groups in total. The summed E-state index contributed by atoms with van der Waals surface area (Å²) in [7, 11) is 0. The third-order valence-electron chi connectivity index (χ3n) is 2.82. The first kappa shape index (κ1) is 14.0. The Morgan fingerprint density at radius 1 is 1.05 bits per heavy atom. The Hall–Kier alpha value is -2.42. The maximum absolute atomic E-state index is 11.9. The van der Waals surface area contributed by atoms with E-state index in [2.05, 4.69) is 0 Å². The lowest BCUT2D eigenvalue weighted by Crippen LogP contribution is -2.11. The van der Waals surface area contributed by atoms with Gasteiger partial charge in [0.15, 0.2) is 0 Å². The summed E-state index contributed by atoms with van der Waals surface area (Å²) in [5.41, 5.74) is 3.02. The van der Waals surface area contributed by atoms with E-state index in [1.54, 1.807) is 24.3 Å². The lowest BCUT2D eigenvalue weighted by Gasteiger charge is -2.09. The highest BCUT2D eigenvalue weighted by molar-refractivity contribution is 5.91. The fourth-order valence-electron chi connectivity index (χ4n) is 1.86. The second-order valence-corrected chi connectivity index (χ2v) is 4.77. The van der Waals surface area contributed by atoms with E-state index in [0.29, 0.717) is 11.1 Å². The molecule has 102 valence electrons. The molecule has 0 saturated carbocycles. The third-order valence-corrected chi connectivity index (χ3v) is 2.82. The Bertz CT molecular complexity index is 612. The van der Waals surface area contributed by atoms with Gasteiger partial charge in [0.25, 0.3) is 0 Å². The highest BCUT2D eigenvalue weighted by Gasteiger charge is 2.10. The van der Waals surface area contributed by atoms with Gasteiger partial charge >= 0.3 is 5.97 Å². The van der Waals surface area contributed by atoms with Crippen LogP contribution in [0.15, 0.2) is 48.5 Å². The second kappa shape index (κ2) is 6.15. The van der Waals surface area contributed by atoms with Gasteiger partial charge < -0.3 is 4.74 Å². The van der Waals surface area contributed by atoms with Gasteiger partial charge in [0, 0.05) is 5.56 Å². The fourth-order valence-corrected chi connectivity index (χ4v) is 1.86. The van der Waals surface area contributed by atoms with Crippen molar-refractivity contribution in [1.29, 1.82) is 0 Å². The van der Waals surface area contributed by atoms with E-state index >= 15 is 0 Å². The monoisotopic (exact) mass is 268 g/mol. The van der Waals surface area contributed by atoms with Crippen molar-refractivity contribution in [2.24, 2.45) is 0 Å². The Labute approximate surface area is 118 Å². The van der Waals surface area contributed by atoms with Gasteiger partial charge in [0.05, 0.1) is 11.7 Å². The van der Waals surface area contributed by atoms with Crippen LogP contribution in [0.4, 0.5) is 0 Å². The molecule has 0 atom stereocenters. The van der Waals surface area contributed by atoms with Crippen LogP contribution in [0, 0.1) is 0 Å². The number of hydrogen-bond donors (Lipinski definition) is 0. The molecule has 0 aromatic heterocycles. The fraction of sp³-hybridized carbons (Fsp3) is 0.176. The molecule has 0 bridgehead atoms. The lowest BCUT2D eigenvalue weighted by atomic mass is 10.0. The number of benzene rings is 2. The van der Waals surface area contributed by atoms with E-state index in [-0.39, 0.29) is 12.1 Å². The molecule has 0 aliphatic rings. The number of rotatable bonds is 4. The van der Waals surface area contributed by atoms with Crippen LogP contribution in [-0.2, 0) is 4.74 Å². The average molecular weight is 268 g/mol. The smallest absolute Gasteiger partial charge is 0.338 e. The van der Waals surface area contributed by atoms with Crippen LogP contribution >= 0.6 is 0 Å². The van der Waals surface area contributed by atoms with E-state index in [4.69, 9.17) is 4.74 Å².